The lowest BCUT2D eigenvalue weighted by molar-refractivity contribution is -0.129. The van der Waals surface area contributed by atoms with Gasteiger partial charge in [0.25, 0.3) is 0 Å². The zero-order valence-electron chi connectivity index (χ0n) is 28.6. The van der Waals surface area contributed by atoms with Crippen LogP contribution in [0.5, 0.6) is 0 Å². The number of nitrogens with zero attached hydrogens (tertiary/aromatic N) is 2. The van der Waals surface area contributed by atoms with Crippen molar-refractivity contribution in [1.29, 1.82) is 0 Å². The number of hydrogen-bond acceptors (Lipinski definition) is 8. The number of halogens is 2. The summed E-state index contributed by atoms with van der Waals surface area (Å²) < 4.78 is 30.5. The molecule has 2 amide bonds. The topological polar surface area (TPSA) is 127 Å². The average Bonchev–Trinajstić information content (AvgIpc) is 3.00. The molecule has 3 fully saturated rings. The molecular weight excluding hydrogens is 578 g/mol. The van der Waals surface area contributed by atoms with E-state index in [1.807, 2.05) is 21.0 Å². The van der Waals surface area contributed by atoms with E-state index in [9.17, 15) is 14.0 Å². The lowest BCUT2D eigenvalue weighted by Crippen LogP contribution is -2.68. The molecule has 3 heterocycles. The number of hydrogen-bond donors (Lipinski definition) is 6. The summed E-state index contributed by atoms with van der Waals surface area (Å²) >= 11 is 0. The van der Waals surface area contributed by atoms with Gasteiger partial charge in [-0.25, -0.2) is 8.78 Å². The monoisotopic (exact) mass is 643 g/mol. The minimum absolute atomic E-state index is 0.0320. The van der Waals surface area contributed by atoms with Crippen molar-refractivity contribution in [2.24, 2.45) is 23.5 Å². The summed E-state index contributed by atoms with van der Waals surface area (Å²) in [6.45, 7) is 9.85. The second-order valence-corrected chi connectivity index (χ2v) is 14.1. The largest absolute Gasteiger partial charge is 0.356 e. The first-order valence-corrected chi connectivity index (χ1v) is 17.8. The van der Waals surface area contributed by atoms with Crippen molar-refractivity contribution in [2.75, 3.05) is 59.9 Å². The van der Waals surface area contributed by atoms with Gasteiger partial charge in [0.2, 0.25) is 11.8 Å². The number of nitrogens with two attached hydrogens (primary N) is 1. The van der Waals surface area contributed by atoms with Gasteiger partial charge in [0.15, 0.2) is 0 Å². The molecule has 262 valence electrons. The highest BCUT2D eigenvalue weighted by Gasteiger charge is 2.43. The van der Waals surface area contributed by atoms with Crippen LogP contribution in [0, 0.1) is 17.8 Å². The summed E-state index contributed by atoms with van der Waals surface area (Å²) in [5.74, 6) is -0.543. The zero-order valence-corrected chi connectivity index (χ0v) is 28.6. The quantitative estimate of drug-likeness (QED) is 0.168. The van der Waals surface area contributed by atoms with Crippen molar-refractivity contribution in [2.45, 2.75) is 121 Å². The maximum atomic E-state index is 15.6. The van der Waals surface area contributed by atoms with Gasteiger partial charge in [-0.15, -0.1) is 0 Å². The minimum Gasteiger partial charge on any atom is -0.356 e. The molecule has 7 N–H and O–H groups in total. The van der Waals surface area contributed by atoms with E-state index in [1.165, 1.54) is 0 Å². The third-order valence-electron chi connectivity index (χ3n) is 10.2. The lowest BCUT2D eigenvalue weighted by Gasteiger charge is -2.45. The maximum Gasteiger partial charge on any atom is 0.227 e. The van der Waals surface area contributed by atoms with Crippen molar-refractivity contribution >= 4 is 11.8 Å². The van der Waals surface area contributed by atoms with Crippen LogP contribution in [-0.2, 0) is 9.59 Å². The van der Waals surface area contributed by atoms with Crippen LogP contribution in [0.1, 0.15) is 78.6 Å². The van der Waals surface area contributed by atoms with Crippen LogP contribution in [0.2, 0.25) is 0 Å². The van der Waals surface area contributed by atoms with E-state index in [1.54, 1.807) is 0 Å². The van der Waals surface area contributed by atoms with Crippen LogP contribution < -0.4 is 32.3 Å². The lowest BCUT2D eigenvalue weighted by atomic mass is 9.85. The Labute approximate surface area is 271 Å². The summed E-state index contributed by atoms with van der Waals surface area (Å²) in [4.78, 5) is 31.0. The van der Waals surface area contributed by atoms with Gasteiger partial charge in [0, 0.05) is 44.2 Å². The van der Waals surface area contributed by atoms with Crippen LogP contribution in [-0.4, -0.2) is 124 Å². The number of amides is 2. The molecule has 0 radical (unpaired) electrons. The predicted molar refractivity (Wildman–Crippen MR) is 177 cm³/mol. The van der Waals surface area contributed by atoms with Crippen molar-refractivity contribution in [3.05, 3.63) is 0 Å². The number of nitrogens with one attached hydrogen (secondary N) is 5. The average molecular weight is 643 g/mol. The van der Waals surface area contributed by atoms with Crippen molar-refractivity contribution < 1.29 is 18.4 Å². The van der Waals surface area contributed by atoms with E-state index in [2.05, 4.69) is 50.2 Å². The van der Waals surface area contributed by atoms with Crippen LogP contribution >= 0.6 is 0 Å². The highest BCUT2D eigenvalue weighted by atomic mass is 19.1. The van der Waals surface area contributed by atoms with E-state index in [-0.39, 0.29) is 42.9 Å². The molecule has 8 atom stereocenters. The molecule has 45 heavy (non-hydrogen) atoms. The standard InChI is InChI=1S/C33H64F2N8O2/c1-6-9-23(10-7-2)27-12-11-25(34)19-39-22(3)29(31(36)40-27)33(45)41-28-21-37-20-26(35)30(28)43-17-13-24(14-18-43)32(44)38-15-8-16-42(4)5/h22-31,37,39-40H,6-21,36H2,1-5H3,(H,38,44)(H,41,45). The Morgan fingerprint density at radius 3 is 2.33 bits per heavy atom. The number of rotatable bonds is 13. The predicted octanol–water partition coefficient (Wildman–Crippen LogP) is 1.75. The van der Waals surface area contributed by atoms with Gasteiger partial charge in [0.05, 0.1) is 24.2 Å². The van der Waals surface area contributed by atoms with Gasteiger partial charge in [-0.05, 0) is 91.5 Å². The molecule has 0 bridgehead atoms. The molecule has 0 aromatic rings. The summed E-state index contributed by atoms with van der Waals surface area (Å²) in [7, 11) is 4.03. The Hall–Kier alpha value is -1.44. The van der Waals surface area contributed by atoms with Gasteiger partial charge >= 0.3 is 0 Å². The molecule has 3 saturated heterocycles. The van der Waals surface area contributed by atoms with Gasteiger partial charge in [0.1, 0.15) is 12.3 Å². The molecule has 0 aromatic carbocycles. The first-order valence-electron chi connectivity index (χ1n) is 17.8. The molecule has 0 aliphatic carbocycles. The number of likely N-dealkylation sites (tertiary alicyclic amines) is 1. The van der Waals surface area contributed by atoms with Crippen LogP contribution in [0.3, 0.4) is 0 Å². The van der Waals surface area contributed by atoms with Crippen LogP contribution in [0.25, 0.3) is 0 Å². The molecule has 3 aliphatic heterocycles. The highest BCUT2D eigenvalue weighted by Crippen LogP contribution is 2.27. The number of alkyl halides is 2. The number of piperidine rings is 2. The molecular formula is C33H64F2N8O2. The first-order chi connectivity index (χ1) is 21.5. The third kappa shape index (κ3) is 11.6. The Balaban J connectivity index is 1.66. The fourth-order valence-corrected chi connectivity index (χ4v) is 7.68. The molecule has 8 unspecified atom stereocenters. The molecule has 12 heteroatoms. The Bertz CT molecular complexity index is 872. The van der Waals surface area contributed by atoms with Crippen LogP contribution in [0.4, 0.5) is 8.78 Å². The van der Waals surface area contributed by atoms with E-state index < -0.39 is 36.5 Å². The van der Waals surface area contributed by atoms with Gasteiger partial charge in [-0.2, -0.15) is 0 Å². The first kappa shape index (κ1) is 38.0. The summed E-state index contributed by atoms with van der Waals surface area (Å²) in [5, 5.41) is 16.2. The third-order valence-corrected chi connectivity index (χ3v) is 10.2. The van der Waals surface area contributed by atoms with Crippen molar-refractivity contribution in [1.82, 2.24) is 36.4 Å². The zero-order chi connectivity index (χ0) is 32.9. The number of carbonyl (C=O) groups is 2. The SMILES string of the molecule is CCCC(CCC)C1CCC(F)CNC(C)C(C(=O)NC2CNCC(F)C2N2CCC(C(=O)NCCCN(C)C)CC2)C(N)N1. The smallest absolute Gasteiger partial charge is 0.227 e. The molecule has 0 spiro atoms. The van der Waals surface area contributed by atoms with Gasteiger partial charge < -0.3 is 31.9 Å². The molecule has 3 aliphatic rings. The Morgan fingerprint density at radius 2 is 1.69 bits per heavy atom. The summed E-state index contributed by atoms with van der Waals surface area (Å²) in [5.41, 5.74) is 6.78. The summed E-state index contributed by atoms with van der Waals surface area (Å²) in [6, 6.07) is -1.29. The molecule has 0 saturated carbocycles. The second kappa shape index (κ2) is 19.4. The van der Waals surface area contributed by atoms with E-state index >= 15 is 4.39 Å². The van der Waals surface area contributed by atoms with Crippen LogP contribution in [0.15, 0.2) is 0 Å². The Kier molecular flexibility index (Phi) is 16.4. The highest BCUT2D eigenvalue weighted by molar-refractivity contribution is 5.80. The van der Waals surface area contributed by atoms with Gasteiger partial charge in [-0.1, -0.05) is 26.7 Å². The normalized spacial score (nSPS) is 32.8. The Morgan fingerprint density at radius 1 is 1.00 bits per heavy atom. The maximum absolute atomic E-state index is 15.6. The van der Waals surface area contributed by atoms with Crippen molar-refractivity contribution in [3.63, 3.8) is 0 Å². The van der Waals surface area contributed by atoms with E-state index in [0.29, 0.717) is 57.8 Å². The fourth-order valence-electron chi connectivity index (χ4n) is 7.68. The van der Waals surface area contributed by atoms with E-state index in [4.69, 9.17) is 5.73 Å². The van der Waals surface area contributed by atoms with Gasteiger partial charge in [-0.3, -0.25) is 19.8 Å². The van der Waals surface area contributed by atoms with E-state index in [0.717, 1.165) is 38.6 Å². The van der Waals surface area contributed by atoms with Crippen molar-refractivity contribution in [3.8, 4) is 0 Å². The number of carbonyl (C=O) groups excluding carboxylic acids is 2. The molecule has 3 rings (SSSR count). The fraction of sp³-hybridized carbons (Fsp3) is 0.939. The summed E-state index contributed by atoms with van der Waals surface area (Å²) in [6.07, 6.45) is 4.70. The molecule has 0 aromatic heterocycles. The molecule has 10 nitrogen and oxygen atoms in total. The minimum atomic E-state index is -1.16. The second-order valence-electron chi connectivity index (χ2n) is 14.1.